The molecule has 1 aromatic heterocycles. The molecule has 3 aromatic rings. The summed E-state index contributed by atoms with van der Waals surface area (Å²) >= 11 is 0. The number of amides is 1. The van der Waals surface area contributed by atoms with Crippen molar-refractivity contribution >= 4 is 5.91 Å². The van der Waals surface area contributed by atoms with Crippen molar-refractivity contribution < 1.29 is 9.53 Å². The van der Waals surface area contributed by atoms with Crippen molar-refractivity contribution in [2.45, 2.75) is 20.0 Å². The fourth-order valence-corrected chi connectivity index (χ4v) is 2.63. The maximum atomic E-state index is 12.5. The van der Waals surface area contributed by atoms with Crippen LogP contribution in [-0.2, 0) is 13.1 Å². The number of aryl methyl sites for hydroxylation is 1. The SMILES string of the molecule is CCn1cnnc1CNC(=O)c1ccc(OC)c(-c2ccccc2)c1. The molecule has 0 atom stereocenters. The number of aromatic nitrogens is 3. The number of benzene rings is 2. The molecular formula is C19H20N4O2. The molecule has 0 fully saturated rings. The van der Waals surface area contributed by atoms with Crippen LogP contribution in [0.1, 0.15) is 23.1 Å². The van der Waals surface area contributed by atoms with Crippen LogP contribution in [0.2, 0.25) is 0 Å². The van der Waals surface area contributed by atoms with E-state index in [4.69, 9.17) is 4.74 Å². The highest BCUT2D eigenvalue weighted by molar-refractivity contribution is 5.96. The van der Waals surface area contributed by atoms with Crippen molar-refractivity contribution in [3.8, 4) is 16.9 Å². The third-order valence-electron chi connectivity index (χ3n) is 3.99. The minimum atomic E-state index is -0.162. The molecular weight excluding hydrogens is 316 g/mol. The van der Waals surface area contributed by atoms with Crippen LogP contribution < -0.4 is 10.1 Å². The van der Waals surface area contributed by atoms with Gasteiger partial charge in [-0.15, -0.1) is 10.2 Å². The van der Waals surface area contributed by atoms with E-state index in [2.05, 4.69) is 15.5 Å². The molecule has 6 heteroatoms. The first-order valence-corrected chi connectivity index (χ1v) is 8.11. The zero-order valence-corrected chi connectivity index (χ0v) is 14.3. The minimum absolute atomic E-state index is 0.162. The van der Waals surface area contributed by atoms with Crippen LogP contribution in [0.3, 0.4) is 0 Å². The minimum Gasteiger partial charge on any atom is -0.496 e. The highest BCUT2D eigenvalue weighted by Gasteiger charge is 2.12. The van der Waals surface area contributed by atoms with Crippen molar-refractivity contribution in [1.82, 2.24) is 20.1 Å². The van der Waals surface area contributed by atoms with Crippen LogP contribution in [0.5, 0.6) is 5.75 Å². The Labute approximate surface area is 146 Å². The quantitative estimate of drug-likeness (QED) is 0.751. The summed E-state index contributed by atoms with van der Waals surface area (Å²) < 4.78 is 7.32. The molecule has 0 saturated heterocycles. The van der Waals surface area contributed by atoms with Crippen LogP contribution >= 0.6 is 0 Å². The van der Waals surface area contributed by atoms with Crippen LogP contribution in [-0.4, -0.2) is 27.8 Å². The van der Waals surface area contributed by atoms with Gasteiger partial charge >= 0.3 is 0 Å². The van der Waals surface area contributed by atoms with Crippen molar-refractivity contribution in [3.05, 3.63) is 66.2 Å². The van der Waals surface area contributed by atoms with E-state index in [0.717, 1.165) is 29.2 Å². The molecule has 1 N–H and O–H groups in total. The zero-order valence-electron chi connectivity index (χ0n) is 14.3. The van der Waals surface area contributed by atoms with Crippen LogP contribution in [0, 0.1) is 0 Å². The van der Waals surface area contributed by atoms with Gasteiger partial charge in [0.15, 0.2) is 5.82 Å². The Kier molecular flexibility index (Phi) is 5.09. The van der Waals surface area contributed by atoms with Gasteiger partial charge in [0.05, 0.1) is 13.7 Å². The molecule has 0 aliphatic rings. The van der Waals surface area contributed by atoms with Crippen molar-refractivity contribution in [3.63, 3.8) is 0 Å². The smallest absolute Gasteiger partial charge is 0.251 e. The molecule has 6 nitrogen and oxygen atoms in total. The van der Waals surface area contributed by atoms with Gasteiger partial charge in [-0.05, 0) is 30.7 Å². The third kappa shape index (κ3) is 3.68. The number of carbonyl (C=O) groups is 1. The summed E-state index contributed by atoms with van der Waals surface area (Å²) in [6.07, 6.45) is 1.66. The van der Waals surface area contributed by atoms with E-state index >= 15 is 0 Å². The second-order valence-electron chi connectivity index (χ2n) is 5.50. The molecule has 25 heavy (non-hydrogen) atoms. The van der Waals surface area contributed by atoms with Gasteiger partial charge in [-0.2, -0.15) is 0 Å². The molecule has 0 aliphatic heterocycles. The largest absolute Gasteiger partial charge is 0.496 e. The number of hydrogen-bond donors (Lipinski definition) is 1. The number of ether oxygens (including phenoxy) is 1. The molecule has 1 heterocycles. The van der Waals surface area contributed by atoms with Gasteiger partial charge in [-0.25, -0.2) is 0 Å². The Morgan fingerprint density at radius 3 is 2.72 bits per heavy atom. The van der Waals surface area contributed by atoms with Gasteiger partial charge in [0.1, 0.15) is 12.1 Å². The summed E-state index contributed by atoms with van der Waals surface area (Å²) in [4.78, 5) is 12.5. The highest BCUT2D eigenvalue weighted by Crippen LogP contribution is 2.30. The predicted octanol–water partition coefficient (Wildman–Crippen LogP) is 2.90. The highest BCUT2D eigenvalue weighted by atomic mass is 16.5. The summed E-state index contributed by atoms with van der Waals surface area (Å²) in [6.45, 7) is 3.10. The van der Waals surface area contributed by atoms with Crippen LogP contribution in [0.25, 0.3) is 11.1 Å². The topological polar surface area (TPSA) is 69.0 Å². The number of hydrogen-bond acceptors (Lipinski definition) is 4. The van der Waals surface area contributed by atoms with Crippen LogP contribution in [0.4, 0.5) is 0 Å². The molecule has 128 valence electrons. The van der Waals surface area contributed by atoms with Gasteiger partial charge < -0.3 is 14.6 Å². The van der Waals surface area contributed by atoms with Crippen molar-refractivity contribution in [2.24, 2.45) is 0 Å². The lowest BCUT2D eigenvalue weighted by atomic mass is 10.0. The number of rotatable bonds is 6. The first kappa shape index (κ1) is 16.7. The second kappa shape index (κ2) is 7.61. The van der Waals surface area contributed by atoms with E-state index in [1.54, 1.807) is 19.5 Å². The van der Waals surface area contributed by atoms with Gasteiger partial charge in [0.25, 0.3) is 5.91 Å². The number of carbonyl (C=O) groups excluding carboxylic acids is 1. The van der Waals surface area contributed by atoms with E-state index < -0.39 is 0 Å². The number of nitrogens with zero attached hydrogens (tertiary/aromatic N) is 3. The summed E-state index contributed by atoms with van der Waals surface area (Å²) in [5.41, 5.74) is 2.45. The Bertz CT molecular complexity index is 859. The first-order chi connectivity index (χ1) is 12.2. The van der Waals surface area contributed by atoms with Crippen molar-refractivity contribution in [1.29, 1.82) is 0 Å². The summed E-state index contributed by atoms with van der Waals surface area (Å²) in [5, 5.41) is 10.8. The molecule has 1 amide bonds. The molecule has 3 rings (SSSR count). The Balaban J connectivity index is 1.81. The lowest BCUT2D eigenvalue weighted by Gasteiger charge is -2.11. The lowest BCUT2D eigenvalue weighted by molar-refractivity contribution is 0.0949. The molecule has 0 bridgehead atoms. The average Bonchev–Trinajstić information content (AvgIpc) is 3.14. The maximum Gasteiger partial charge on any atom is 0.251 e. The molecule has 2 aromatic carbocycles. The van der Waals surface area contributed by atoms with E-state index in [-0.39, 0.29) is 5.91 Å². The Morgan fingerprint density at radius 1 is 1.20 bits per heavy atom. The van der Waals surface area contributed by atoms with Gasteiger partial charge in [-0.3, -0.25) is 4.79 Å². The third-order valence-corrected chi connectivity index (χ3v) is 3.99. The molecule has 0 aliphatic carbocycles. The zero-order chi connectivity index (χ0) is 17.6. The monoisotopic (exact) mass is 336 g/mol. The summed E-state index contributed by atoms with van der Waals surface area (Å²) in [6, 6.07) is 15.3. The number of methoxy groups -OCH3 is 1. The fraction of sp³-hybridized carbons (Fsp3) is 0.211. The van der Waals surface area contributed by atoms with E-state index in [1.807, 2.05) is 54.0 Å². The fourth-order valence-electron chi connectivity index (χ4n) is 2.63. The average molecular weight is 336 g/mol. The van der Waals surface area contributed by atoms with Gasteiger partial charge in [0.2, 0.25) is 0 Å². The van der Waals surface area contributed by atoms with Crippen LogP contribution in [0.15, 0.2) is 54.9 Å². The van der Waals surface area contributed by atoms with E-state index in [1.165, 1.54) is 0 Å². The lowest BCUT2D eigenvalue weighted by Crippen LogP contribution is -2.24. The first-order valence-electron chi connectivity index (χ1n) is 8.11. The normalized spacial score (nSPS) is 10.5. The molecule has 0 saturated carbocycles. The van der Waals surface area contributed by atoms with Crippen molar-refractivity contribution in [2.75, 3.05) is 7.11 Å². The van der Waals surface area contributed by atoms with Gasteiger partial charge in [0, 0.05) is 17.7 Å². The number of nitrogens with one attached hydrogen (secondary N) is 1. The van der Waals surface area contributed by atoms with E-state index in [0.29, 0.717) is 12.1 Å². The molecule has 0 radical (unpaired) electrons. The maximum absolute atomic E-state index is 12.5. The Hall–Kier alpha value is -3.15. The standard InChI is InChI=1S/C19H20N4O2/c1-3-23-13-21-22-18(23)12-20-19(24)15-9-10-17(25-2)16(11-15)14-7-5-4-6-8-14/h4-11,13H,3,12H2,1-2H3,(H,20,24). The van der Waals surface area contributed by atoms with E-state index in [9.17, 15) is 4.79 Å². The molecule has 0 spiro atoms. The molecule has 0 unspecified atom stereocenters. The predicted molar refractivity (Wildman–Crippen MR) is 95.3 cm³/mol. The Morgan fingerprint density at radius 2 is 2.00 bits per heavy atom. The second-order valence-corrected chi connectivity index (χ2v) is 5.50. The van der Waals surface area contributed by atoms with Gasteiger partial charge in [-0.1, -0.05) is 30.3 Å². The summed E-state index contributed by atoms with van der Waals surface area (Å²) in [7, 11) is 1.62. The summed E-state index contributed by atoms with van der Waals surface area (Å²) in [5.74, 6) is 1.30.